The minimum Gasteiger partial charge on any atom is -0.454 e. The lowest BCUT2D eigenvalue weighted by atomic mass is 9.95. The van der Waals surface area contributed by atoms with E-state index in [1.165, 1.54) is 18.7 Å². The van der Waals surface area contributed by atoms with Crippen molar-refractivity contribution in [3.05, 3.63) is 52.0 Å². The number of anilines is 1. The van der Waals surface area contributed by atoms with Crippen LogP contribution in [0.15, 0.2) is 46.0 Å². The molecule has 1 N–H and O–H groups in total. The number of hydrogen-bond donors (Lipinski definition) is 1. The average molecular weight is 489 g/mol. The number of hydrazone groups is 1. The van der Waals surface area contributed by atoms with Crippen molar-refractivity contribution in [2.24, 2.45) is 5.10 Å². The van der Waals surface area contributed by atoms with Gasteiger partial charge in [-0.1, -0.05) is 45.9 Å². The van der Waals surface area contributed by atoms with Crippen molar-refractivity contribution in [3.8, 4) is 11.5 Å². The summed E-state index contributed by atoms with van der Waals surface area (Å²) in [6.07, 6.45) is 1.19. The standard InChI is InChI=1S/C20H17BrN4O4S/c1-10(26)24-14-6-4-3-5-11(14)17-18(27)22-20(30-2)23-25(17)19(24)12-7-15-16(8-13(12)21)29-9-28-15/h3-8,17,19H,9H2,1-2H3,(H,22,23,27)/t17-,19-/m1/s1. The highest BCUT2D eigenvalue weighted by Gasteiger charge is 2.47. The van der Waals surface area contributed by atoms with E-state index in [4.69, 9.17) is 14.6 Å². The number of benzene rings is 2. The van der Waals surface area contributed by atoms with Crippen molar-refractivity contribution in [2.75, 3.05) is 17.9 Å². The molecule has 8 nitrogen and oxygen atoms in total. The number of rotatable bonds is 1. The average Bonchev–Trinajstić information content (AvgIpc) is 3.18. The molecular weight excluding hydrogens is 472 g/mol. The summed E-state index contributed by atoms with van der Waals surface area (Å²) in [4.78, 5) is 27.6. The van der Waals surface area contributed by atoms with Crippen LogP contribution < -0.4 is 19.7 Å². The van der Waals surface area contributed by atoms with E-state index < -0.39 is 12.2 Å². The van der Waals surface area contributed by atoms with E-state index in [1.54, 1.807) is 9.91 Å². The number of carbonyl (C=O) groups excluding carboxylic acids is 2. The Balaban J connectivity index is 1.77. The number of carbonyl (C=O) groups is 2. The topological polar surface area (TPSA) is 83.5 Å². The second kappa shape index (κ2) is 7.21. The Kier molecular flexibility index (Phi) is 4.62. The minimum absolute atomic E-state index is 0.138. The molecule has 10 heteroatoms. The molecule has 0 aliphatic carbocycles. The Hall–Kier alpha value is -2.72. The number of nitrogens with zero attached hydrogens (tertiary/aromatic N) is 3. The van der Waals surface area contributed by atoms with Crippen molar-refractivity contribution in [1.29, 1.82) is 0 Å². The Morgan fingerprint density at radius 2 is 1.97 bits per heavy atom. The SMILES string of the molecule is CSC1=NN2[C@H](c3cc4c(cc3Br)OCO4)N(C(C)=O)c3ccccc3[C@@H]2C(=O)N1. The van der Waals surface area contributed by atoms with Gasteiger partial charge in [0.15, 0.2) is 28.9 Å². The van der Waals surface area contributed by atoms with E-state index in [-0.39, 0.29) is 18.6 Å². The largest absolute Gasteiger partial charge is 0.454 e. The van der Waals surface area contributed by atoms with Crippen molar-refractivity contribution < 1.29 is 19.1 Å². The number of amides is 2. The molecule has 0 bridgehead atoms. The van der Waals surface area contributed by atoms with Crippen LogP contribution in [-0.2, 0) is 9.59 Å². The molecule has 2 amide bonds. The van der Waals surface area contributed by atoms with E-state index in [0.29, 0.717) is 22.4 Å². The van der Waals surface area contributed by atoms with Crippen molar-refractivity contribution >= 4 is 50.4 Å². The summed E-state index contributed by atoms with van der Waals surface area (Å²) in [5, 5.41) is 9.71. The van der Waals surface area contributed by atoms with E-state index in [9.17, 15) is 9.59 Å². The zero-order valence-corrected chi connectivity index (χ0v) is 18.5. The number of hydrogen-bond acceptors (Lipinski definition) is 7. The van der Waals surface area contributed by atoms with E-state index in [2.05, 4.69) is 21.2 Å². The summed E-state index contributed by atoms with van der Waals surface area (Å²) in [7, 11) is 0. The van der Waals surface area contributed by atoms with E-state index >= 15 is 0 Å². The number of halogens is 1. The number of para-hydroxylation sites is 1. The van der Waals surface area contributed by atoms with Crippen LogP contribution in [0.25, 0.3) is 0 Å². The maximum absolute atomic E-state index is 13.1. The number of fused-ring (bicyclic) bond motifs is 4. The fourth-order valence-corrected chi connectivity index (χ4v) is 4.90. The molecule has 0 aromatic heterocycles. The van der Waals surface area contributed by atoms with Gasteiger partial charge in [-0.25, -0.2) is 0 Å². The molecule has 0 spiro atoms. The highest BCUT2D eigenvalue weighted by atomic mass is 79.9. The molecule has 154 valence electrons. The number of thioether (sulfide) groups is 1. The number of ether oxygens (including phenoxy) is 2. The van der Waals surface area contributed by atoms with Crippen molar-refractivity contribution in [2.45, 2.75) is 19.1 Å². The molecule has 3 aliphatic heterocycles. The predicted octanol–water partition coefficient (Wildman–Crippen LogP) is 3.35. The third-order valence-electron chi connectivity index (χ3n) is 5.24. The van der Waals surface area contributed by atoms with Gasteiger partial charge in [0.1, 0.15) is 0 Å². The summed E-state index contributed by atoms with van der Waals surface area (Å²) in [5.41, 5.74) is 2.15. The first-order valence-corrected chi connectivity index (χ1v) is 11.2. The zero-order chi connectivity index (χ0) is 21.0. The molecule has 2 aromatic rings. The van der Waals surface area contributed by atoms with Gasteiger partial charge in [-0.05, 0) is 24.5 Å². The summed E-state index contributed by atoms with van der Waals surface area (Å²) in [6.45, 7) is 1.65. The molecule has 0 unspecified atom stereocenters. The first kappa shape index (κ1) is 19.3. The summed E-state index contributed by atoms with van der Waals surface area (Å²) >= 11 is 4.95. The summed E-state index contributed by atoms with van der Waals surface area (Å²) < 4.78 is 11.8. The molecule has 0 saturated heterocycles. The van der Waals surface area contributed by atoms with Gasteiger partial charge < -0.3 is 14.8 Å². The number of nitrogens with one attached hydrogen (secondary N) is 1. The first-order valence-electron chi connectivity index (χ1n) is 9.19. The number of amidine groups is 1. The molecule has 5 rings (SSSR count). The molecule has 0 radical (unpaired) electrons. The maximum Gasteiger partial charge on any atom is 0.255 e. The van der Waals surface area contributed by atoms with Crippen LogP contribution >= 0.6 is 27.7 Å². The van der Waals surface area contributed by atoms with Gasteiger partial charge >= 0.3 is 0 Å². The highest BCUT2D eigenvalue weighted by Crippen LogP contribution is 2.49. The lowest BCUT2D eigenvalue weighted by Crippen LogP contribution is -2.55. The fraction of sp³-hybridized carbons (Fsp3) is 0.250. The van der Waals surface area contributed by atoms with E-state index in [0.717, 1.165) is 15.6 Å². The highest BCUT2D eigenvalue weighted by molar-refractivity contribution is 9.10. The van der Waals surface area contributed by atoms with Gasteiger partial charge in [0.2, 0.25) is 12.7 Å². The van der Waals surface area contributed by atoms with Crippen LogP contribution in [-0.4, -0.2) is 35.0 Å². The lowest BCUT2D eigenvalue weighted by molar-refractivity contribution is -0.129. The zero-order valence-electron chi connectivity index (χ0n) is 16.1. The molecular formula is C20H17BrN4O4S. The van der Waals surface area contributed by atoms with Crippen LogP contribution in [0.5, 0.6) is 11.5 Å². The Bertz CT molecular complexity index is 1110. The first-order chi connectivity index (χ1) is 14.5. The molecule has 3 aliphatic rings. The lowest BCUT2D eigenvalue weighted by Gasteiger charge is -2.48. The molecule has 30 heavy (non-hydrogen) atoms. The van der Waals surface area contributed by atoms with Crippen LogP contribution in [0, 0.1) is 0 Å². The van der Waals surface area contributed by atoms with Crippen molar-refractivity contribution in [3.63, 3.8) is 0 Å². The van der Waals surface area contributed by atoms with Gasteiger partial charge in [0.25, 0.3) is 5.91 Å². The van der Waals surface area contributed by atoms with Crippen LogP contribution in [0.2, 0.25) is 0 Å². The third kappa shape index (κ3) is 2.85. The quantitative estimate of drug-likeness (QED) is 0.662. The third-order valence-corrected chi connectivity index (χ3v) is 6.50. The molecule has 2 aromatic carbocycles. The Morgan fingerprint density at radius 3 is 2.70 bits per heavy atom. The van der Waals surface area contributed by atoms with Crippen LogP contribution in [0.1, 0.15) is 30.3 Å². The van der Waals surface area contributed by atoms with Crippen LogP contribution in [0.4, 0.5) is 5.69 Å². The maximum atomic E-state index is 13.1. The summed E-state index contributed by atoms with van der Waals surface area (Å²) in [6, 6.07) is 10.4. The minimum atomic E-state index is -0.671. The second-order valence-electron chi connectivity index (χ2n) is 6.93. The Labute approximate surface area is 185 Å². The molecule has 2 atom stereocenters. The van der Waals surface area contributed by atoms with E-state index in [1.807, 2.05) is 42.7 Å². The molecule has 3 heterocycles. The van der Waals surface area contributed by atoms with Gasteiger partial charge in [-0.3, -0.25) is 19.5 Å². The van der Waals surface area contributed by atoms with Gasteiger partial charge in [-0.15, -0.1) is 5.10 Å². The monoisotopic (exact) mass is 488 g/mol. The van der Waals surface area contributed by atoms with Crippen LogP contribution in [0.3, 0.4) is 0 Å². The van der Waals surface area contributed by atoms with Gasteiger partial charge in [-0.2, -0.15) is 0 Å². The smallest absolute Gasteiger partial charge is 0.255 e. The fourth-order valence-electron chi connectivity index (χ4n) is 4.00. The normalized spacial score (nSPS) is 21.6. The summed E-state index contributed by atoms with van der Waals surface area (Å²) in [5.74, 6) is 0.856. The molecule has 0 fully saturated rings. The second-order valence-corrected chi connectivity index (χ2v) is 8.58. The Morgan fingerprint density at radius 1 is 1.23 bits per heavy atom. The molecule has 0 saturated carbocycles. The van der Waals surface area contributed by atoms with Gasteiger partial charge in [0.05, 0.1) is 5.69 Å². The van der Waals surface area contributed by atoms with Crippen molar-refractivity contribution in [1.82, 2.24) is 10.3 Å². The van der Waals surface area contributed by atoms with Gasteiger partial charge in [0, 0.05) is 22.5 Å². The predicted molar refractivity (Wildman–Crippen MR) is 116 cm³/mol.